The summed E-state index contributed by atoms with van der Waals surface area (Å²) in [7, 11) is 0. The fourth-order valence-electron chi connectivity index (χ4n) is 1.46. The summed E-state index contributed by atoms with van der Waals surface area (Å²) in [5.41, 5.74) is 1.24. The Bertz CT molecular complexity index is 201. The zero-order valence-corrected chi connectivity index (χ0v) is 8.97. The number of rotatable bonds is 6. The average Bonchev–Trinajstić information content (AvgIpc) is 2.04. The van der Waals surface area contributed by atoms with Gasteiger partial charge in [0.2, 0.25) is 0 Å². The maximum atomic E-state index is 11.2. The second-order valence-electron chi connectivity index (χ2n) is 3.55. The van der Waals surface area contributed by atoms with Gasteiger partial charge in [0, 0.05) is 5.92 Å². The largest absolute Gasteiger partial charge is 0.300 e. The van der Waals surface area contributed by atoms with Crippen molar-refractivity contribution in [1.82, 2.24) is 0 Å². The third kappa shape index (κ3) is 5.40. The van der Waals surface area contributed by atoms with E-state index in [9.17, 15) is 4.79 Å². The Kier molecular flexibility index (Phi) is 6.21. The Hall–Kier alpha value is -0.850. The molecule has 0 aliphatic carbocycles. The number of ketones is 1. The number of carbonyl (C=O) groups is 1. The Labute approximate surface area is 81.5 Å². The number of hydrogen-bond acceptors (Lipinski definition) is 1. The van der Waals surface area contributed by atoms with Crippen LogP contribution in [0.5, 0.6) is 0 Å². The van der Waals surface area contributed by atoms with Crippen molar-refractivity contribution in [3.8, 4) is 0 Å². The summed E-state index contributed by atoms with van der Waals surface area (Å²) >= 11 is 0. The van der Waals surface area contributed by atoms with Crippen molar-refractivity contribution in [3.05, 3.63) is 24.3 Å². The topological polar surface area (TPSA) is 17.1 Å². The smallest absolute Gasteiger partial charge is 0.133 e. The van der Waals surface area contributed by atoms with Gasteiger partial charge in [-0.3, -0.25) is 4.79 Å². The van der Waals surface area contributed by atoms with E-state index in [0.29, 0.717) is 5.78 Å². The van der Waals surface area contributed by atoms with Crippen LogP contribution in [0.15, 0.2) is 24.3 Å². The molecule has 1 heteroatoms. The fourth-order valence-corrected chi connectivity index (χ4v) is 1.46. The van der Waals surface area contributed by atoms with E-state index in [-0.39, 0.29) is 5.92 Å². The summed E-state index contributed by atoms with van der Waals surface area (Å²) in [4.78, 5) is 11.2. The Morgan fingerprint density at radius 3 is 2.46 bits per heavy atom. The molecule has 0 N–H and O–H groups in total. The van der Waals surface area contributed by atoms with E-state index in [4.69, 9.17) is 0 Å². The molecule has 0 aromatic heterocycles. The molecule has 0 aliphatic heterocycles. The van der Waals surface area contributed by atoms with E-state index < -0.39 is 0 Å². The first kappa shape index (κ1) is 12.2. The van der Waals surface area contributed by atoms with E-state index in [2.05, 4.69) is 13.5 Å². The van der Waals surface area contributed by atoms with Gasteiger partial charge >= 0.3 is 0 Å². The highest BCUT2D eigenvalue weighted by Gasteiger charge is 2.12. The van der Waals surface area contributed by atoms with Crippen LogP contribution in [0, 0.1) is 5.92 Å². The number of hydrogen-bond donors (Lipinski definition) is 0. The minimum absolute atomic E-state index is 0.209. The highest BCUT2D eigenvalue weighted by Crippen LogP contribution is 2.17. The summed E-state index contributed by atoms with van der Waals surface area (Å²) in [6.07, 6.45) is 6.71. The molecule has 0 saturated heterocycles. The van der Waals surface area contributed by atoms with Crippen molar-refractivity contribution in [2.24, 2.45) is 5.92 Å². The summed E-state index contributed by atoms with van der Waals surface area (Å²) in [5, 5.41) is 0. The van der Waals surface area contributed by atoms with Gasteiger partial charge in [0.15, 0.2) is 0 Å². The van der Waals surface area contributed by atoms with Gasteiger partial charge in [-0.1, -0.05) is 37.6 Å². The molecule has 0 bridgehead atoms. The lowest BCUT2D eigenvalue weighted by molar-refractivity contribution is -0.120. The molecule has 1 nitrogen and oxygen atoms in total. The van der Waals surface area contributed by atoms with Crippen LogP contribution < -0.4 is 0 Å². The lowest BCUT2D eigenvalue weighted by Crippen LogP contribution is -2.10. The molecule has 0 heterocycles. The van der Waals surface area contributed by atoms with Gasteiger partial charge in [-0.2, -0.15) is 0 Å². The molecular formula is C12H20O. The average molecular weight is 180 g/mol. The number of allylic oxidation sites excluding steroid dienone is 3. The molecule has 0 amide bonds. The van der Waals surface area contributed by atoms with Crippen molar-refractivity contribution in [3.63, 3.8) is 0 Å². The van der Waals surface area contributed by atoms with Gasteiger partial charge in [-0.25, -0.2) is 0 Å². The summed E-state index contributed by atoms with van der Waals surface area (Å²) in [5.74, 6) is 0.514. The van der Waals surface area contributed by atoms with Gasteiger partial charge in [0.1, 0.15) is 5.78 Å². The molecule has 0 aromatic carbocycles. The monoisotopic (exact) mass is 180 g/mol. The van der Waals surface area contributed by atoms with Crippen molar-refractivity contribution in [2.45, 2.75) is 40.0 Å². The second kappa shape index (κ2) is 6.64. The first-order valence-electron chi connectivity index (χ1n) is 4.90. The van der Waals surface area contributed by atoms with E-state index in [1.54, 1.807) is 13.0 Å². The third-order valence-corrected chi connectivity index (χ3v) is 2.18. The van der Waals surface area contributed by atoms with Gasteiger partial charge in [0.25, 0.3) is 0 Å². The predicted octanol–water partition coefficient (Wildman–Crippen LogP) is 3.51. The standard InChI is InChI=1S/C12H20O/c1-5-7-10(3)9-12(8-6-2)11(4)13/h5,7,12H,1,6,8-9H2,2-4H3/b10-7+/t12-/m0/s1. The highest BCUT2D eigenvalue weighted by atomic mass is 16.1. The van der Waals surface area contributed by atoms with Gasteiger partial charge in [0.05, 0.1) is 0 Å². The third-order valence-electron chi connectivity index (χ3n) is 2.18. The van der Waals surface area contributed by atoms with E-state index in [0.717, 1.165) is 19.3 Å². The SMILES string of the molecule is C=C/C=C(\C)C[C@H](CCC)C(C)=O. The van der Waals surface area contributed by atoms with E-state index in [1.165, 1.54) is 5.57 Å². The molecule has 0 saturated carbocycles. The zero-order valence-electron chi connectivity index (χ0n) is 8.97. The van der Waals surface area contributed by atoms with Crippen molar-refractivity contribution in [1.29, 1.82) is 0 Å². The predicted molar refractivity (Wildman–Crippen MR) is 57.7 cm³/mol. The molecule has 1 atom stereocenters. The Balaban J connectivity index is 4.16. The molecule has 0 radical (unpaired) electrons. The first-order valence-corrected chi connectivity index (χ1v) is 4.90. The van der Waals surface area contributed by atoms with Crippen molar-refractivity contribution < 1.29 is 4.79 Å². The lowest BCUT2D eigenvalue weighted by Gasteiger charge is -2.12. The van der Waals surface area contributed by atoms with Gasteiger partial charge in [-0.05, 0) is 26.7 Å². The lowest BCUT2D eigenvalue weighted by atomic mass is 9.92. The minimum atomic E-state index is 0.209. The minimum Gasteiger partial charge on any atom is -0.300 e. The quantitative estimate of drug-likeness (QED) is 0.572. The van der Waals surface area contributed by atoms with Crippen molar-refractivity contribution in [2.75, 3.05) is 0 Å². The Morgan fingerprint density at radius 1 is 1.46 bits per heavy atom. The molecule has 0 unspecified atom stereocenters. The zero-order chi connectivity index (χ0) is 10.3. The summed E-state index contributed by atoms with van der Waals surface area (Å²) in [6, 6.07) is 0. The molecular weight excluding hydrogens is 160 g/mol. The van der Waals surface area contributed by atoms with E-state index in [1.807, 2.05) is 13.0 Å². The summed E-state index contributed by atoms with van der Waals surface area (Å²) in [6.45, 7) is 9.48. The molecule has 0 fully saturated rings. The van der Waals surface area contributed by atoms with E-state index >= 15 is 0 Å². The molecule has 0 aromatic rings. The maximum Gasteiger partial charge on any atom is 0.133 e. The Morgan fingerprint density at radius 2 is 2.08 bits per heavy atom. The normalized spacial score (nSPS) is 13.9. The molecule has 13 heavy (non-hydrogen) atoms. The van der Waals surface area contributed by atoms with Crippen LogP contribution in [0.25, 0.3) is 0 Å². The first-order chi connectivity index (χ1) is 6.11. The molecule has 0 rings (SSSR count). The van der Waals surface area contributed by atoms with Crippen LogP contribution in [-0.4, -0.2) is 5.78 Å². The van der Waals surface area contributed by atoms with Crippen LogP contribution in [0.1, 0.15) is 40.0 Å². The van der Waals surface area contributed by atoms with Crippen molar-refractivity contribution >= 4 is 5.78 Å². The van der Waals surface area contributed by atoms with Crippen LogP contribution in [0.3, 0.4) is 0 Å². The van der Waals surface area contributed by atoms with Crippen LogP contribution in [0.4, 0.5) is 0 Å². The van der Waals surface area contributed by atoms with Crippen LogP contribution >= 0.6 is 0 Å². The van der Waals surface area contributed by atoms with Crippen LogP contribution in [0.2, 0.25) is 0 Å². The molecule has 0 aliphatic rings. The highest BCUT2D eigenvalue weighted by molar-refractivity contribution is 5.78. The van der Waals surface area contributed by atoms with Crippen LogP contribution in [-0.2, 0) is 4.79 Å². The molecule has 74 valence electrons. The van der Waals surface area contributed by atoms with Gasteiger partial charge < -0.3 is 0 Å². The maximum absolute atomic E-state index is 11.2. The number of Topliss-reactive ketones (excluding diaryl/α,β-unsaturated/α-hetero) is 1. The summed E-state index contributed by atoms with van der Waals surface area (Å²) < 4.78 is 0. The molecule has 0 spiro atoms. The number of carbonyl (C=O) groups excluding carboxylic acids is 1. The fraction of sp³-hybridized carbons (Fsp3) is 0.583. The second-order valence-corrected chi connectivity index (χ2v) is 3.55. The van der Waals surface area contributed by atoms with Gasteiger partial charge in [-0.15, -0.1) is 0 Å².